The first-order chi connectivity index (χ1) is 13.7. The summed E-state index contributed by atoms with van der Waals surface area (Å²) in [5.74, 6) is 0.380. The fraction of sp³-hybridized carbons (Fsp3) is 0.200. The second kappa shape index (κ2) is 9.86. The molecule has 0 saturated carbocycles. The molecule has 0 aliphatic rings. The second-order valence-electron chi connectivity index (χ2n) is 6.04. The van der Waals surface area contributed by atoms with Crippen LogP contribution in [0.2, 0.25) is 0 Å². The third-order valence-electron chi connectivity index (χ3n) is 4.04. The zero-order chi connectivity index (χ0) is 19.6. The zero-order valence-corrected chi connectivity index (χ0v) is 15.7. The summed E-state index contributed by atoms with van der Waals surface area (Å²) in [5.41, 5.74) is 2.97. The van der Waals surface area contributed by atoms with Crippen molar-refractivity contribution in [2.45, 2.75) is 13.1 Å². The summed E-state index contributed by atoms with van der Waals surface area (Å²) in [4.78, 5) is 20.2. The molecule has 8 heteroatoms. The van der Waals surface area contributed by atoms with Crippen molar-refractivity contribution in [3.05, 3.63) is 78.4 Å². The second-order valence-corrected chi connectivity index (χ2v) is 6.04. The summed E-state index contributed by atoms with van der Waals surface area (Å²) in [6.07, 6.45) is 6.96. The topological polar surface area (TPSA) is 96.2 Å². The first kappa shape index (κ1) is 19.1. The minimum absolute atomic E-state index is 0.101. The molecule has 0 saturated heterocycles. The van der Waals surface area contributed by atoms with Crippen LogP contribution in [-0.2, 0) is 17.9 Å². The van der Waals surface area contributed by atoms with Gasteiger partial charge in [-0.05, 0) is 29.3 Å². The molecule has 0 bridgehead atoms. The molecule has 3 rings (SSSR count). The lowest BCUT2D eigenvalue weighted by molar-refractivity contribution is -0.115. The normalized spacial score (nSPS) is 11.1. The van der Waals surface area contributed by atoms with Gasteiger partial charge in [0.05, 0.1) is 25.0 Å². The summed E-state index contributed by atoms with van der Waals surface area (Å²) in [6, 6.07) is 13.6. The number of rotatable bonds is 7. The number of hydrogen-bond donors (Lipinski definition) is 3. The molecule has 0 radical (unpaired) electrons. The van der Waals surface area contributed by atoms with Crippen LogP contribution < -0.4 is 16.0 Å². The lowest BCUT2D eigenvalue weighted by Gasteiger charge is -2.14. The third kappa shape index (κ3) is 5.66. The quantitative estimate of drug-likeness (QED) is 0.430. The van der Waals surface area contributed by atoms with Gasteiger partial charge in [-0.3, -0.25) is 19.5 Å². The molecule has 144 valence electrons. The van der Waals surface area contributed by atoms with Crippen molar-refractivity contribution in [1.29, 1.82) is 0 Å². The van der Waals surface area contributed by atoms with E-state index in [0.29, 0.717) is 24.7 Å². The Morgan fingerprint density at radius 1 is 1.07 bits per heavy atom. The van der Waals surface area contributed by atoms with Crippen molar-refractivity contribution in [3.8, 4) is 0 Å². The summed E-state index contributed by atoms with van der Waals surface area (Å²) in [6.45, 7) is 1.38. The first-order valence-electron chi connectivity index (χ1n) is 8.93. The monoisotopic (exact) mass is 377 g/mol. The Morgan fingerprint density at radius 3 is 2.64 bits per heavy atom. The molecule has 3 aromatic rings. The van der Waals surface area contributed by atoms with Gasteiger partial charge in [0.15, 0.2) is 5.96 Å². The number of guanidine groups is 1. The number of nitrogens with one attached hydrogen (secondary N) is 3. The number of carbonyl (C=O) groups excluding carboxylic acids is 1. The van der Waals surface area contributed by atoms with Crippen LogP contribution in [0.5, 0.6) is 0 Å². The van der Waals surface area contributed by atoms with Gasteiger partial charge in [-0.15, -0.1) is 0 Å². The van der Waals surface area contributed by atoms with Crippen LogP contribution >= 0.6 is 0 Å². The van der Waals surface area contributed by atoms with Crippen LogP contribution in [-0.4, -0.2) is 40.2 Å². The minimum atomic E-state index is -0.171. The molecule has 0 atom stereocenters. The summed E-state index contributed by atoms with van der Waals surface area (Å²) >= 11 is 0. The van der Waals surface area contributed by atoms with Crippen molar-refractivity contribution in [3.63, 3.8) is 0 Å². The molecule has 0 unspecified atom stereocenters. The lowest BCUT2D eigenvalue weighted by Crippen LogP contribution is -2.41. The molecule has 1 amide bonds. The number of anilines is 1. The highest BCUT2D eigenvalue weighted by molar-refractivity contribution is 5.94. The average Bonchev–Trinajstić information content (AvgIpc) is 3.23. The minimum Gasteiger partial charge on any atom is -0.352 e. The van der Waals surface area contributed by atoms with Crippen molar-refractivity contribution >= 4 is 17.6 Å². The van der Waals surface area contributed by atoms with Gasteiger partial charge in [-0.25, -0.2) is 0 Å². The van der Waals surface area contributed by atoms with E-state index >= 15 is 0 Å². The van der Waals surface area contributed by atoms with Gasteiger partial charge in [0.25, 0.3) is 0 Å². The zero-order valence-electron chi connectivity index (χ0n) is 15.7. The Labute approximate surface area is 163 Å². The highest BCUT2D eigenvalue weighted by Crippen LogP contribution is 2.10. The van der Waals surface area contributed by atoms with E-state index in [9.17, 15) is 4.79 Å². The number of hydrogen-bond acceptors (Lipinski definition) is 4. The van der Waals surface area contributed by atoms with Gasteiger partial charge in [0.2, 0.25) is 5.91 Å². The maximum Gasteiger partial charge on any atom is 0.243 e. The van der Waals surface area contributed by atoms with Crippen LogP contribution in [0, 0.1) is 0 Å². The van der Waals surface area contributed by atoms with Gasteiger partial charge in [0, 0.05) is 32.2 Å². The van der Waals surface area contributed by atoms with E-state index < -0.39 is 0 Å². The van der Waals surface area contributed by atoms with Crippen LogP contribution in [0.25, 0.3) is 0 Å². The van der Waals surface area contributed by atoms with Crippen molar-refractivity contribution in [2.75, 3.05) is 18.9 Å². The maximum atomic E-state index is 12.0. The number of aromatic nitrogens is 3. The molecule has 2 aromatic heterocycles. The van der Waals surface area contributed by atoms with E-state index in [1.165, 1.54) is 5.56 Å². The molecule has 0 spiro atoms. The van der Waals surface area contributed by atoms with Crippen LogP contribution in [0.15, 0.2) is 72.2 Å². The number of amides is 1. The largest absolute Gasteiger partial charge is 0.352 e. The van der Waals surface area contributed by atoms with Gasteiger partial charge >= 0.3 is 0 Å². The van der Waals surface area contributed by atoms with Crippen LogP contribution in [0.3, 0.4) is 0 Å². The molecule has 2 heterocycles. The molecule has 1 aromatic carbocycles. The van der Waals surface area contributed by atoms with E-state index in [1.807, 2.05) is 29.1 Å². The summed E-state index contributed by atoms with van der Waals surface area (Å²) in [5, 5.41) is 13.3. The van der Waals surface area contributed by atoms with E-state index in [0.717, 1.165) is 5.56 Å². The highest BCUT2D eigenvalue weighted by atomic mass is 16.1. The number of nitrogens with zero attached hydrogens (tertiary/aromatic N) is 4. The van der Waals surface area contributed by atoms with Gasteiger partial charge in [-0.1, -0.05) is 24.3 Å². The van der Waals surface area contributed by atoms with E-state index in [4.69, 9.17) is 0 Å². The van der Waals surface area contributed by atoms with E-state index in [1.54, 1.807) is 37.8 Å². The Balaban J connectivity index is 1.51. The Hall–Kier alpha value is -3.68. The van der Waals surface area contributed by atoms with Crippen molar-refractivity contribution < 1.29 is 4.79 Å². The summed E-state index contributed by atoms with van der Waals surface area (Å²) in [7, 11) is 1.67. The average molecular weight is 377 g/mol. The standard InChI is InChI=1S/C20H23N7O/c1-21-20(24-14-19(28)26-18-8-4-9-22-13-18)23-12-16-6-2-3-7-17(16)15-27-11-5-10-25-27/h2-11,13H,12,14-15H2,1H3,(H,26,28)(H2,21,23,24). The molecule has 0 aliphatic carbocycles. The van der Waals surface area contributed by atoms with Crippen molar-refractivity contribution in [2.24, 2.45) is 4.99 Å². The molecule has 8 nitrogen and oxygen atoms in total. The smallest absolute Gasteiger partial charge is 0.243 e. The SMILES string of the molecule is CN=C(NCC(=O)Nc1cccnc1)NCc1ccccc1Cn1cccn1. The predicted molar refractivity (Wildman–Crippen MR) is 109 cm³/mol. The number of benzene rings is 1. The number of aliphatic imine (C=N–C) groups is 1. The predicted octanol–water partition coefficient (Wildman–Crippen LogP) is 1.63. The highest BCUT2D eigenvalue weighted by Gasteiger charge is 2.07. The Kier molecular flexibility index (Phi) is 6.73. The fourth-order valence-corrected chi connectivity index (χ4v) is 2.66. The Bertz CT molecular complexity index is 907. The summed E-state index contributed by atoms with van der Waals surface area (Å²) < 4.78 is 1.88. The molecular weight excluding hydrogens is 354 g/mol. The molecule has 3 N–H and O–H groups in total. The lowest BCUT2D eigenvalue weighted by atomic mass is 10.1. The van der Waals surface area contributed by atoms with E-state index in [-0.39, 0.29) is 12.5 Å². The molecular formula is C20H23N7O. The third-order valence-corrected chi connectivity index (χ3v) is 4.04. The van der Waals surface area contributed by atoms with E-state index in [2.05, 4.69) is 43.2 Å². The van der Waals surface area contributed by atoms with Gasteiger partial charge in [-0.2, -0.15) is 5.10 Å². The molecule has 28 heavy (non-hydrogen) atoms. The maximum absolute atomic E-state index is 12.0. The van der Waals surface area contributed by atoms with Gasteiger partial charge < -0.3 is 16.0 Å². The van der Waals surface area contributed by atoms with Crippen molar-refractivity contribution in [1.82, 2.24) is 25.4 Å². The first-order valence-corrected chi connectivity index (χ1v) is 8.93. The van der Waals surface area contributed by atoms with Gasteiger partial charge in [0.1, 0.15) is 0 Å². The Morgan fingerprint density at radius 2 is 1.93 bits per heavy atom. The number of carbonyl (C=O) groups is 1. The fourth-order valence-electron chi connectivity index (χ4n) is 2.66. The van der Waals surface area contributed by atoms with Crippen LogP contribution in [0.4, 0.5) is 5.69 Å². The van der Waals surface area contributed by atoms with Crippen LogP contribution in [0.1, 0.15) is 11.1 Å². The molecule has 0 aliphatic heterocycles. The molecule has 0 fully saturated rings. The number of pyridine rings is 1.